The summed E-state index contributed by atoms with van der Waals surface area (Å²) in [5, 5.41) is 12.4. The fraction of sp³-hybridized carbons (Fsp3) is 0.172. The van der Waals surface area contributed by atoms with Gasteiger partial charge >= 0.3 is 0 Å². The number of carbonyl (C=O) groups is 2. The zero-order valence-corrected chi connectivity index (χ0v) is 20.3. The van der Waals surface area contributed by atoms with Crippen molar-refractivity contribution in [3.8, 4) is 17.2 Å². The minimum atomic E-state index is -0.863. The molecule has 1 saturated heterocycles. The first-order valence-electron chi connectivity index (χ1n) is 11.9. The summed E-state index contributed by atoms with van der Waals surface area (Å²) >= 11 is 0. The van der Waals surface area contributed by atoms with Crippen molar-refractivity contribution in [1.29, 1.82) is 0 Å². The normalized spacial score (nSPS) is 18.4. The van der Waals surface area contributed by atoms with Crippen LogP contribution in [0.4, 0.5) is 5.69 Å². The topological polar surface area (TPSA) is 101 Å². The van der Waals surface area contributed by atoms with Crippen LogP contribution in [0.25, 0.3) is 16.7 Å². The minimum Gasteiger partial charge on any atom is -0.507 e. The van der Waals surface area contributed by atoms with Gasteiger partial charge in [-0.3, -0.25) is 14.5 Å². The Bertz CT molecular complexity index is 1580. The number of benzene rings is 3. The number of anilines is 1. The third-order valence-electron chi connectivity index (χ3n) is 6.83. The second-order valence-corrected chi connectivity index (χ2v) is 8.93. The number of hydrogen-bond acceptors (Lipinski definition) is 6. The van der Waals surface area contributed by atoms with Crippen molar-refractivity contribution >= 4 is 34.0 Å². The highest BCUT2D eigenvalue weighted by atomic mass is 16.6. The van der Waals surface area contributed by atoms with Gasteiger partial charge in [0.05, 0.1) is 18.7 Å². The number of Topliss-reactive ketones (excluding diaryl/α,β-unsaturated/α-hetero) is 1. The molecule has 8 nitrogen and oxygen atoms in total. The molecular weight excluding hydrogens is 472 g/mol. The maximum absolute atomic E-state index is 13.6. The number of fused-ring (bicyclic) bond motifs is 2. The molecule has 1 amide bonds. The van der Waals surface area contributed by atoms with Gasteiger partial charge in [0.15, 0.2) is 11.5 Å². The lowest BCUT2D eigenvalue weighted by atomic mass is 9.93. The maximum atomic E-state index is 13.6. The van der Waals surface area contributed by atoms with Gasteiger partial charge in [-0.05, 0) is 55.5 Å². The van der Waals surface area contributed by atoms with Gasteiger partial charge < -0.3 is 24.3 Å². The Morgan fingerprint density at radius 1 is 1.00 bits per heavy atom. The molecule has 0 radical (unpaired) electrons. The number of aryl methyl sites for hydroxylation is 1. The number of aliphatic hydroxyl groups is 1. The van der Waals surface area contributed by atoms with Crippen molar-refractivity contribution < 1.29 is 28.9 Å². The van der Waals surface area contributed by atoms with Crippen LogP contribution in [0, 0.1) is 6.92 Å². The van der Waals surface area contributed by atoms with Crippen molar-refractivity contribution in [2.24, 2.45) is 0 Å². The number of aliphatic hydroxyl groups excluding tert-OH is 1. The Kier molecular flexibility index (Phi) is 5.37. The van der Waals surface area contributed by atoms with E-state index in [1.54, 1.807) is 49.6 Å². The molecule has 2 N–H and O–H groups in total. The molecule has 0 aliphatic carbocycles. The van der Waals surface area contributed by atoms with Gasteiger partial charge in [-0.15, -0.1) is 0 Å². The molecule has 2 aliphatic rings. The van der Waals surface area contributed by atoms with Gasteiger partial charge in [-0.1, -0.05) is 18.2 Å². The predicted molar refractivity (Wildman–Crippen MR) is 138 cm³/mol. The van der Waals surface area contributed by atoms with Crippen LogP contribution in [-0.4, -0.2) is 42.1 Å². The van der Waals surface area contributed by atoms with Crippen LogP contribution in [0.2, 0.25) is 0 Å². The number of H-pyrrole nitrogens is 1. The summed E-state index contributed by atoms with van der Waals surface area (Å²) in [5.74, 6) is -0.112. The van der Waals surface area contributed by atoms with Crippen LogP contribution in [0.15, 0.2) is 72.3 Å². The van der Waals surface area contributed by atoms with Crippen molar-refractivity contribution in [1.82, 2.24) is 4.98 Å². The van der Waals surface area contributed by atoms with E-state index >= 15 is 0 Å². The number of nitrogens with zero attached hydrogens (tertiary/aromatic N) is 1. The number of aromatic nitrogens is 1. The van der Waals surface area contributed by atoms with E-state index in [0.29, 0.717) is 41.7 Å². The molecule has 1 unspecified atom stereocenters. The zero-order valence-electron chi connectivity index (χ0n) is 20.3. The molecule has 1 aromatic heterocycles. The minimum absolute atomic E-state index is 0.00495. The summed E-state index contributed by atoms with van der Waals surface area (Å²) in [6.07, 6.45) is 0. The first-order chi connectivity index (χ1) is 18.0. The maximum Gasteiger partial charge on any atom is 0.300 e. The number of nitrogens with one attached hydrogen (secondary N) is 1. The van der Waals surface area contributed by atoms with Gasteiger partial charge in [0.25, 0.3) is 11.7 Å². The average Bonchev–Trinajstić information content (AvgIpc) is 3.39. The number of ketones is 1. The van der Waals surface area contributed by atoms with E-state index in [4.69, 9.17) is 14.2 Å². The van der Waals surface area contributed by atoms with E-state index in [1.165, 1.54) is 4.90 Å². The standard InChI is InChI=1S/C29H24N2O6/c1-16-24(20-5-3-4-6-21(20)30-16)26-25(27(32)17-7-12-22-23(15-17)37-14-13-36-22)28(33)29(34)31(26)18-8-10-19(35-2)11-9-18/h3-12,15,26,30,32H,13-14H2,1-2H3/b27-25+. The highest BCUT2D eigenvalue weighted by Crippen LogP contribution is 2.46. The van der Waals surface area contributed by atoms with Gasteiger partial charge in [0, 0.05) is 33.4 Å². The van der Waals surface area contributed by atoms with Crippen LogP contribution < -0.4 is 19.1 Å². The molecule has 2 aliphatic heterocycles. The number of aromatic amines is 1. The first-order valence-corrected chi connectivity index (χ1v) is 11.9. The summed E-state index contributed by atoms with van der Waals surface area (Å²) in [5.41, 5.74) is 3.28. The smallest absolute Gasteiger partial charge is 0.300 e. The molecule has 3 heterocycles. The Hall–Kier alpha value is -4.72. The lowest BCUT2D eigenvalue weighted by Crippen LogP contribution is -2.29. The number of carbonyl (C=O) groups excluding carboxylic acids is 2. The predicted octanol–water partition coefficient (Wildman–Crippen LogP) is 4.88. The number of amides is 1. The molecule has 3 aromatic carbocycles. The van der Waals surface area contributed by atoms with E-state index in [0.717, 1.165) is 22.2 Å². The first kappa shape index (κ1) is 22.7. The average molecular weight is 497 g/mol. The van der Waals surface area contributed by atoms with E-state index < -0.39 is 17.7 Å². The van der Waals surface area contributed by atoms with Crippen LogP contribution in [0.5, 0.6) is 17.2 Å². The Morgan fingerprint density at radius 2 is 1.73 bits per heavy atom. The van der Waals surface area contributed by atoms with Crippen molar-refractivity contribution in [3.63, 3.8) is 0 Å². The molecule has 6 rings (SSSR count). The largest absolute Gasteiger partial charge is 0.507 e. The second kappa shape index (κ2) is 8.74. The molecule has 0 bridgehead atoms. The fourth-order valence-corrected chi connectivity index (χ4v) is 5.11. The molecule has 0 saturated carbocycles. The van der Waals surface area contributed by atoms with Gasteiger partial charge in [0.2, 0.25) is 0 Å². The van der Waals surface area contributed by atoms with E-state index in [9.17, 15) is 14.7 Å². The highest BCUT2D eigenvalue weighted by molar-refractivity contribution is 6.52. The highest BCUT2D eigenvalue weighted by Gasteiger charge is 2.48. The number of para-hydroxylation sites is 1. The Labute approximate surface area is 212 Å². The SMILES string of the molecule is COc1ccc(N2C(=O)C(=O)/C(=C(/O)c3ccc4c(c3)OCCO4)C2c2c(C)[nH]c3ccccc23)cc1. The molecule has 8 heteroatoms. The van der Waals surface area contributed by atoms with Gasteiger partial charge in [-0.25, -0.2) is 0 Å². The van der Waals surface area contributed by atoms with Crippen LogP contribution in [-0.2, 0) is 9.59 Å². The van der Waals surface area contributed by atoms with Crippen molar-refractivity contribution in [3.05, 3.63) is 89.1 Å². The molecule has 4 aromatic rings. The number of hydrogen-bond donors (Lipinski definition) is 2. The van der Waals surface area contributed by atoms with E-state index in [2.05, 4.69) is 4.98 Å². The van der Waals surface area contributed by atoms with Gasteiger partial charge in [-0.2, -0.15) is 0 Å². The summed E-state index contributed by atoms with van der Waals surface area (Å²) < 4.78 is 16.5. The van der Waals surface area contributed by atoms with Crippen molar-refractivity contribution in [2.45, 2.75) is 13.0 Å². The summed E-state index contributed by atoms with van der Waals surface area (Å²) in [4.78, 5) is 31.9. The number of methoxy groups -OCH3 is 1. The zero-order chi connectivity index (χ0) is 25.7. The van der Waals surface area contributed by atoms with Crippen LogP contribution in [0.3, 0.4) is 0 Å². The molecule has 186 valence electrons. The molecule has 1 atom stereocenters. The van der Waals surface area contributed by atoms with Crippen LogP contribution in [0.1, 0.15) is 22.9 Å². The number of rotatable bonds is 4. The third kappa shape index (κ3) is 3.60. The Balaban J connectivity index is 1.59. The lowest BCUT2D eigenvalue weighted by molar-refractivity contribution is -0.132. The van der Waals surface area contributed by atoms with Gasteiger partial charge in [0.1, 0.15) is 24.7 Å². The molecule has 37 heavy (non-hydrogen) atoms. The van der Waals surface area contributed by atoms with Crippen LogP contribution >= 0.6 is 0 Å². The fourth-order valence-electron chi connectivity index (χ4n) is 5.11. The molecule has 1 fully saturated rings. The summed E-state index contributed by atoms with van der Waals surface area (Å²) in [7, 11) is 1.56. The Morgan fingerprint density at radius 3 is 2.49 bits per heavy atom. The lowest BCUT2D eigenvalue weighted by Gasteiger charge is -2.26. The van der Waals surface area contributed by atoms with Crippen molar-refractivity contribution in [2.75, 3.05) is 25.2 Å². The summed E-state index contributed by atoms with van der Waals surface area (Å²) in [6.45, 7) is 2.71. The van der Waals surface area contributed by atoms with E-state index in [-0.39, 0.29) is 11.3 Å². The number of ether oxygens (including phenoxy) is 3. The second-order valence-electron chi connectivity index (χ2n) is 8.93. The quantitative estimate of drug-likeness (QED) is 0.237. The molecular formula is C29H24N2O6. The third-order valence-corrected chi connectivity index (χ3v) is 6.83. The van der Waals surface area contributed by atoms with E-state index in [1.807, 2.05) is 31.2 Å². The monoisotopic (exact) mass is 496 g/mol. The summed E-state index contributed by atoms with van der Waals surface area (Å²) in [6, 6.07) is 18.7. The molecule has 0 spiro atoms.